The van der Waals surface area contributed by atoms with Gasteiger partial charge in [0, 0.05) is 4.47 Å². The first-order valence-corrected chi connectivity index (χ1v) is 8.02. The highest BCUT2D eigenvalue weighted by Gasteiger charge is 2.21. The molecule has 0 aromatic heterocycles. The lowest BCUT2D eigenvalue weighted by Gasteiger charge is -2.12. The topological polar surface area (TPSA) is 71.4 Å². The van der Waals surface area contributed by atoms with Gasteiger partial charge in [-0.1, -0.05) is 28.9 Å². The second-order valence-corrected chi connectivity index (χ2v) is 7.41. The number of halogens is 1. The van der Waals surface area contributed by atoms with Crippen LogP contribution in [0, 0.1) is 0 Å². The van der Waals surface area contributed by atoms with Crippen molar-refractivity contribution < 1.29 is 18.3 Å². The Bertz CT molecular complexity index is 551. The maximum atomic E-state index is 12.0. The van der Waals surface area contributed by atoms with Crippen LogP contribution in [0.4, 0.5) is 0 Å². The van der Waals surface area contributed by atoms with Crippen molar-refractivity contribution in [3.05, 3.63) is 33.8 Å². The second-order valence-electron chi connectivity index (χ2n) is 4.14. The van der Waals surface area contributed by atoms with Crippen molar-refractivity contribution in [3.8, 4) is 0 Å². The summed E-state index contributed by atoms with van der Waals surface area (Å²) in [6.07, 6.45) is 0.563. The molecule has 0 spiro atoms. The van der Waals surface area contributed by atoms with E-state index >= 15 is 0 Å². The van der Waals surface area contributed by atoms with Crippen LogP contribution in [-0.4, -0.2) is 24.7 Å². The predicted molar refractivity (Wildman–Crippen MR) is 73.5 cm³/mol. The van der Waals surface area contributed by atoms with Crippen LogP contribution in [0.2, 0.25) is 0 Å². The SMILES string of the molecule is CCC(C)S(=O)(=O)Cc1ccc(C(=O)O)cc1Br. The van der Waals surface area contributed by atoms with E-state index in [4.69, 9.17) is 5.11 Å². The molecule has 1 atom stereocenters. The zero-order chi connectivity index (χ0) is 13.9. The zero-order valence-electron chi connectivity index (χ0n) is 10.2. The molecule has 0 aliphatic heterocycles. The molecule has 0 saturated heterocycles. The van der Waals surface area contributed by atoms with Crippen LogP contribution in [0.1, 0.15) is 36.2 Å². The Hall–Kier alpha value is -0.880. The molecule has 18 heavy (non-hydrogen) atoms. The number of rotatable bonds is 5. The van der Waals surface area contributed by atoms with Gasteiger partial charge in [0.05, 0.1) is 16.6 Å². The van der Waals surface area contributed by atoms with Gasteiger partial charge < -0.3 is 5.11 Å². The summed E-state index contributed by atoms with van der Waals surface area (Å²) in [6.45, 7) is 3.50. The standard InChI is InChI=1S/C12H15BrO4S/c1-3-8(2)18(16,17)7-10-5-4-9(12(14)15)6-11(10)13/h4-6,8H,3,7H2,1-2H3,(H,14,15). The van der Waals surface area contributed by atoms with E-state index < -0.39 is 21.1 Å². The Morgan fingerprint density at radius 2 is 2.06 bits per heavy atom. The third kappa shape index (κ3) is 3.55. The minimum Gasteiger partial charge on any atom is -0.478 e. The molecule has 1 unspecified atom stereocenters. The van der Waals surface area contributed by atoms with Crippen LogP contribution in [-0.2, 0) is 15.6 Å². The van der Waals surface area contributed by atoms with E-state index in [2.05, 4.69) is 15.9 Å². The van der Waals surface area contributed by atoms with E-state index in [0.29, 0.717) is 16.5 Å². The molecule has 0 aliphatic carbocycles. The Morgan fingerprint density at radius 1 is 1.44 bits per heavy atom. The van der Waals surface area contributed by atoms with Crippen LogP contribution in [0.3, 0.4) is 0 Å². The van der Waals surface area contributed by atoms with Gasteiger partial charge in [-0.25, -0.2) is 13.2 Å². The van der Waals surface area contributed by atoms with Crippen LogP contribution in [0.5, 0.6) is 0 Å². The highest BCUT2D eigenvalue weighted by Crippen LogP contribution is 2.23. The van der Waals surface area contributed by atoms with Gasteiger partial charge in [0.25, 0.3) is 0 Å². The number of benzene rings is 1. The molecule has 0 heterocycles. The molecular weight excluding hydrogens is 320 g/mol. The van der Waals surface area contributed by atoms with E-state index in [0.717, 1.165) is 0 Å². The molecule has 0 aliphatic rings. The van der Waals surface area contributed by atoms with Crippen molar-refractivity contribution in [2.24, 2.45) is 0 Å². The Morgan fingerprint density at radius 3 is 2.50 bits per heavy atom. The number of carbonyl (C=O) groups is 1. The van der Waals surface area contributed by atoms with Gasteiger partial charge >= 0.3 is 5.97 Å². The zero-order valence-corrected chi connectivity index (χ0v) is 12.6. The molecule has 1 aromatic carbocycles. The Labute approximate surface area is 115 Å². The first kappa shape index (κ1) is 15.2. The molecule has 1 N–H and O–H groups in total. The maximum absolute atomic E-state index is 12.0. The van der Waals surface area contributed by atoms with Crippen molar-refractivity contribution in [2.45, 2.75) is 31.3 Å². The molecule has 0 amide bonds. The largest absolute Gasteiger partial charge is 0.478 e. The Kier molecular flexibility index (Phi) is 4.92. The first-order valence-electron chi connectivity index (χ1n) is 5.51. The summed E-state index contributed by atoms with van der Waals surface area (Å²) in [6, 6.07) is 4.37. The van der Waals surface area contributed by atoms with Crippen molar-refractivity contribution in [2.75, 3.05) is 0 Å². The summed E-state index contributed by atoms with van der Waals surface area (Å²) in [4.78, 5) is 10.8. The molecular formula is C12H15BrO4S. The fourth-order valence-electron chi connectivity index (χ4n) is 1.41. The summed E-state index contributed by atoms with van der Waals surface area (Å²) in [5.41, 5.74) is 0.715. The van der Waals surface area contributed by atoms with Gasteiger partial charge in [-0.2, -0.15) is 0 Å². The lowest BCUT2D eigenvalue weighted by atomic mass is 10.1. The highest BCUT2D eigenvalue weighted by molar-refractivity contribution is 9.10. The normalized spacial score (nSPS) is 13.3. The fraction of sp³-hybridized carbons (Fsp3) is 0.417. The summed E-state index contributed by atoms with van der Waals surface area (Å²) in [5, 5.41) is 8.42. The molecule has 0 fully saturated rings. The van der Waals surface area contributed by atoms with Crippen molar-refractivity contribution in [1.82, 2.24) is 0 Å². The fourth-order valence-corrected chi connectivity index (χ4v) is 3.59. The average Bonchev–Trinajstić information content (AvgIpc) is 2.30. The van der Waals surface area contributed by atoms with Gasteiger partial charge in [-0.3, -0.25) is 0 Å². The van der Waals surface area contributed by atoms with Crippen molar-refractivity contribution in [3.63, 3.8) is 0 Å². The molecule has 100 valence electrons. The van der Waals surface area contributed by atoms with Crippen LogP contribution < -0.4 is 0 Å². The molecule has 1 aromatic rings. The maximum Gasteiger partial charge on any atom is 0.335 e. The third-order valence-electron chi connectivity index (χ3n) is 2.84. The monoisotopic (exact) mass is 334 g/mol. The number of sulfone groups is 1. The van der Waals surface area contributed by atoms with Gasteiger partial charge in [-0.15, -0.1) is 0 Å². The number of carboxylic acid groups (broad SMARTS) is 1. The summed E-state index contributed by atoms with van der Waals surface area (Å²) in [5.74, 6) is -1.12. The summed E-state index contributed by atoms with van der Waals surface area (Å²) < 4.78 is 24.4. The number of aromatic carboxylic acids is 1. The summed E-state index contributed by atoms with van der Waals surface area (Å²) in [7, 11) is -3.20. The van der Waals surface area contributed by atoms with Gasteiger partial charge in [-0.05, 0) is 31.0 Å². The van der Waals surface area contributed by atoms with Crippen molar-refractivity contribution >= 4 is 31.7 Å². The lowest BCUT2D eigenvalue weighted by molar-refractivity contribution is 0.0697. The Balaban J connectivity index is 3.03. The minimum atomic E-state index is -3.20. The third-order valence-corrected chi connectivity index (χ3v) is 5.86. The van der Waals surface area contributed by atoms with Crippen LogP contribution in [0.15, 0.2) is 22.7 Å². The van der Waals surface area contributed by atoms with E-state index in [9.17, 15) is 13.2 Å². The van der Waals surface area contributed by atoms with Gasteiger partial charge in [0.15, 0.2) is 9.84 Å². The average molecular weight is 335 g/mol. The quantitative estimate of drug-likeness (QED) is 0.898. The second kappa shape index (κ2) is 5.84. The predicted octanol–water partition coefficient (Wildman–Crippen LogP) is 2.86. The molecule has 1 rings (SSSR count). The van der Waals surface area contributed by atoms with E-state index in [1.807, 2.05) is 6.92 Å². The molecule has 6 heteroatoms. The van der Waals surface area contributed by atoms with Crippen LogP contribution in [0.25, 0.3) is 0 Å². The molecule has 0 saturated carbocycles. The number of hydrogen-bond acceptors (Lipinski definition) is 3. The van der Waals surface area contributed by atoms with Gasteiger partial charge in [0.1, 0.15) is 0 Å². The van der Waals surface area contributed by atoms with Crippen LogP contribution >= 0.6 is 15.9 Å². The smallest absolute Gasteiger partial charge is 0.335 e. The minimum absolute atomic E-state index is 0.0809. The lowest BCUT2D eigenvalue weighted by Crippen LogP contribution is -2.19. The molecule has 0 radical (unpaired) electrons. The van der Waals surface area contributed by atoms with E-state index in [-0.39, 0.29) is 11.3 Å². The molecule has 0 bridgehead atoms. The van der Waals surface area contributed by atoms with Gasteiger partial charge in [0.2, 0.25) is 0 Å². The summed E-state index contributed by atoms with van der Waals surface area (Å²) >= 11 is 3.21. The van der Waals surface area contributed by atoms with E-state index in [1.54, 1.807) is 6.92 Å². The highest BCUT2D eigenvalue weighted by atomic mass is 79.9. The first-order chi connectivity index (χ1) is 8.27. The molecule has 4 nitrogen and oxygen atoms in total. The van der Waals surface area contributed by atoms with E-state index in [1.165, 1.54) is 18.2 Å². The van der Waals surface area contributed by atoms with Crippen molar-refractivity contribution in [1.29, 1.82) is 0 Å². The number of carboxylic acids is 1. The number of hydrogen-bond donors (Lipinski definition) is 1.